The standard InChI is InChI=1S/C21H26N2/c1-6-21(4)12-11-15(14(2)3)19(20(21)22-5)17-13-23-18-10-8-7-9-16(17)18/h6-10,13,15,19-20,23H,1-2,5,11-12H2,3-4H3. The molecule has 1 fully saturated rings. The quantitative estimate of drug-likeness (QED) is 0.571. The maximum absolute atomic E-state index is 4.57. The van der Waals surface area contributed by atoms with Gasteiger partial charge in [-0.05, 0) is 44.0 Å². The fourth-order valence-electron chi connectivity index (χ4n) is 4.28. The van der Waals surface area contributed by atoms with Crippen molar-refractivity contribution in [2.24, 2.45) is 16.3 Å². The number of hydrogen-bond donors (Lipinski definition) is 1. The van der Waals surface area contributed by atoms with Gasteiger partial charge in [-0.2, -0.15) is 0 Å². The van der Waals surface area contributed by atoms with Crippen LogP contribution in [-0.4, -0.2) is 17.7 Å². The normalized spacial score (nSPS) is 31.0. The smallest absolute Gasteiger partial charge is 0.0655 e. The number of aromatic amines is 1. The van der Waals surface area contributed by atoms with Crippen molar-refractivity contribution in [3.63, 3.8) is 0 Å². The summed E-state index contributed by atoms with van der Waals surface area (Å²) in [7, 11) is 0. The van der Waals surface area contributed by atoms with Crippen molar-refractivity contribution in [1.29, 1.82) is 0 Å². The topological polar surface area (TPSA) is 28.1 Å². The van der Waals surface area contributed by atoms with Gasteiger partial charge in [-0.3, -0.25) is 4.99 Å². The lowest BCUT2D eigenvalue weighted by atomic mass is 9.59. The molecule has 1 N–H and O–H groups in total. The second-order valence-electron chi connectivity index (χ2n) is 7.14. The number of benzene rings is 1. The fraction of sp³-hybridized carbons (Fsp3) is 0.381. The first-order chi connectivity index (χ1) is 11.0. The second-order valence-corrected chi connectivity index (χ2v) is 7.14. The van der Waals surface area contributed by atoms with Crippen molar-refractivity contribution in [3.8, 4) is 0 Å². The largest absolute Gasteiger partial charge is 0.361 e. The maximum atomic E-state index is 4.57. The van der Waals surface area contributed by atoms with Gasteiger partial charge in [-0.15, -0.1) is 6.58 Å². The Morgan fingerprint density at radius 1 is 1.39 bits per heavy atom. The summed E-state index contributed by atoms with van der Waals surface area (Å²) in [6.45, 7) is 16.7. The Hall–Kier alpha value is -2.09. The number of nitrogens with zero attached hydrogens (tertiary/aromatic N) is 1. The maximum Gasteiger partial charge on any atom is 0.0655 e. The zero-order valence-electron chi connectivity index (χ0n) is 14.2. The Morgan fingerprint density at radius 3 is 2.78 bits per heavy atom. The summed E-state index contributed by atoms with van der Waals surface area (Å²) in [5.41, 5.74) is 3.73. The summed E-state index contributed by atoms with van der Waals surface area (Å²) in [6.07, 6.45) is 6.42. The Bertz CT molecular complexity index is 754. The minimum absolute atomic E-state index is 0.0171. The predicted molar refractivity (Wildman–Crippen MR) is 100 cm³/mol. The van der Waals surface area contributed by atoms with Crippen LogP contribution in [0.25, 0.3) is 10.9 Å². The van der Waals surface area contributed by atoms with Crippen LogP contribution >= 0.6 is 0 Å². The van der Waals surface area contributed by atoms with E-state index in [9.17, 15) is 0 Å². The number of allylic oxidation sites excluding steroid dienone is 1. The first-order valence-corrected chi connectivity index (χ1v) is 8.32. The molecule has 3 rings (SSSR count). The van der Waals surface area contributed by atoms with Crippen LogP contribution in [0.4, 0.5) is 0 Å². The van der Waals surface area contributed by atoms with Crippen LogP contribution in [0.15, 0.2) is 60.3 Å². The Morgan fingerprint density at radius 2 is 2.13 bits per heavy atom. The summed E-state index contributed by atoms with van der Waals surface area (Å²) in [5.74, 6) is 0.718. The van der Waals surface area contributed by atoms with E-state index in [2.05, 4.69) is 80.2 Å². The first-order valence-electron chi connectivity index (χ1n) is 8.32. The molecule has 0 radical (unpaired) electrons. The highest BCUT2D eigenvalue weighted by Gasteiger charge is 2.46. The van der Waals surface area contributed by atoms with Crippen molar-refractivity contribution < 1.29 is 0 Å². The number of para-hydroxylation sites is 1. The summed E-state index contributed by atoms with van der Waals surface area (Å²) in [4.78, 5) is 7.99. The highest BCUT2D eigenvalue weighted by atomic mass is 14.8. The van der Waals surface area contributed by atoms with E-state index in [1.54, 1.807) is 0 Å². The number of aromatic nitrogens is 1. The van der Waals surface area contributed by atoms with E-state index in [1.165, 1.54) is 22.0 Å². The van der Waals surface area contributed by atoms with E-state index in [0.29, 0.717) is 5.92 Å². The molecule has 1 aliphatic rings. The molecule has 0 aliphatic heterocycles. The van der Waals surface area contributed by atoms with Crippen LogP contribution in [0.1, 0.15) is 38.2 Å². The second kappa shape index (κ2) is 5.84. The van der Waals surface area contributed by atoms with E-state index < -0.39 is 0 Å². The molecule has 1 heterocycles. The molecule has 120 valence electrons. The third-order valence-corrected chi connectivity index (χ3v) is 5.72. The zero-order valence-corrected chi connectivity index (χ0v) is 14.2. The van der Waals surface area contributed by atoms with Gasteiger partial charge in [-0.1, -0.05) is 43.4 Å². The molecule has 0 spiro atoms. The molecule has 1 aromatic carbocycles. The van der Waals surface area contributed by atoms with E-state index in [1.807, 2.05) is 0 Å². The summed E-state index contributed by atoms with van der Waals surface area (Å²) in [5, 5.41) is 1.28. The van der Waals surface area contributed by atoms with Crippen molar-refractivity contribution in [3.05, 3.63) is 60.8 Å². The molecule has 23 heavy (non-hydrogen) atoms. The van der Waals surface area contributed by atoms with E-state index in [0.717, 1.165) is 12.8 Å². The monoisotopic (exact) mass is 306 g/mol. The van der Waals surface area contributed by atoms with Gasteiger partial charge in [0.2, 0.25) is 0 Å². The lowest BCUT2D eigenvalue weighted by Gasteiger charge is -2.46. The van der Waals surface area contributed by atoms with Gasteiger partial charge >= 0.3 is 0 Å². The van der Waals surface area contributed by atoms with Gasteiger partial charge in [0.1, 0.15) is 0 Å². The molecule has 1 saturated carbocycles. The molecule has 2 heteroatoms. The number of fused-ring (bicyclic) bond motifs is 1. The highest BCUT2D eigenvalue weighted by molar-refractivity contribution is 5.84. The molecular formula is C21H26N2. The van der Waals surface area contributed by atoms with Crippen molar-refractivity contribution in [1.82, 2.24) is 4.98 Å². The van der Waals surface area contributed by atoms with Crippen molar-refractivity contribution in [2.75, 3.05) is 0 Å². The van der Waals surface area contributed by atoms with Crippen LogP contribution in [0, 0.1) is 11.3 Å². The third kappa shape index (κ3) is 2.46. The van der Waals surface area contributed by atoms with Crippen LogP contribution in [0.2, 0.25) is 0 Å². The van der Waals surface area contributed by atoms with Crippen LogP contribution in [0.3, 0.4) is 0 Å². The van der Waals surface area contributed by atoms with Crippen LogP contribution in [-0.2, 0) is 0 Å². The van der Waals surface area contributed by atoms with Gasteiger partial charge in [0.05, 0.1) is 6.04 Å². The van der Waals surface area contributed by atoms with Crippen LogP contribution < -0.4 is 0 Å². The van der Waals surface area contributed by atoms with Crippen molar-refractivity contribution in [2.45, 2.75) is 38.6 Å². The summed E-state index contributed by atoms with van der Waals surface area (Å²) >= 11 is 0. The number of hydrogen-bond acceptors (Lipinski definition) is 1. The highest BCUT2D eigenvalue weighted by Crippen LogP contribution is 2.52. The van der Waals surface area contributed by atoms with E-state index >= 15 is 0 Å². The van der Waals surface area contributed by atoms with Gasteiger partial charge < -0.3 is 4.98 Å². The molecule has 0 bridgehead atoms. The number of H-pyrrole nitrogens is 1. The number of rotatable bonds is 4. The SMILES string of the molecule is C=CC1(C)CCC(C(=C)C)C(c2c[nH]c3ccccc23)C1N=C. The average molecular weight is 306 g/mol. The van der Waals surface area contributed by atoms with Gasteiger partial charge in [0.15, 0.2) is 0 Å². The lowest BCUT2D eigenvalue weighted by Crippen LogP contribution is -2.42. The first kappa shape index (κ1) is 15.8. The predicted octanol–water partition coefficient (Wildman–Crippen LogP) is 5.50. The summed E-state index contributed by atoms with van der Waals surface area (Å²) in [6, 6.07) is 8.60. The minimum atomic E-state index is -0.0171. The van der Waals surface area contributed by atoms with E-state index in [-0.39, 0.29) is 17.4 Å². The molecule has 2 nitrogen and oxygen atoms in total. The Labute approximate surface area is 139 Å². The Kier molecular flexibility index (Phi) is 4.01. The molecule has 0 saturated heterocycles. The fourth-order valence-corrected chi connectivity index (χ4v) is 4.28. The molecule has 1 aromatic heterocycles. The van der Waals surface area contributed by atoms with Gasteiger partial charge in [0.25, 0.3) is 0 Å². The zero-order chi connectivity index (χ0) is 16.6. The summed E-state index contributed by atoms with van der Waals surface area (Å²) < 4.78 is 0. The number of aliphatic imine (C=N–C) groups is 1. The molecule has 0 amide bonds. The molecule has 4 unspecified atom stereocenters. The Balaban J connectivity index is 2.18. The van der Waals surface area contributed by atoms with E-state index in [4.69, 9.17) is 0 Å². The number of nitrogens with one attached hydrogen (secondary N) is 1. The lowest BCUT2D eigenvalue weighted by molar-refractivity contribution is 0.174. The molecule has 1 aliphatic carbocycles. The molecule has 2 aromatic rings. The minimum Gasteiger partial charge on any atom is -0.361 e. The van der Waals surface area contributed by atoms with Gasteiger partial charge in [-0.25, -0.2) is 0 Å². The third-order valence-electron chi connectivity index (χ3n) is 5.72. The van der Waals surface area contributed by atoms with Gasteiger partial charge in [0, 0.05) is 28.4 Å². The van der Waals surface area contributed by atoms with Crippen LogP contribution in [0.5, 0.6) is 0 Å². The molecule has 4 atom stereocenters. The van der Waals surface area contributed by atoms with Crippen molar-refractivity contribution >= 4 is 17.6 Å². The molecular weight excluding hydrogens is 280 g/mol. The average Bonchev–Trinajstić information content (AvgIpc) is 2.97.